The molecular formula is C20H28O7. The summed E-state index contributed by atoms with van der Waals surface area (Å²) < 4.78 is 11.6. The molecule has 4 rings (SSSR count). The highest BCUT2D eigenvalue weighted by atomic mass is 17.2. The first-order valence-corrected chi connectivity index (χ1v) is 9.77. The van der Waals surface area contributed by atoms with Crippen molar-refractivity contribution in [2.24, 2.45) is 23.7 Å². The van der Waals surface area contributed by atoms with Crippen LogP contribution >= 0.6 is 0 Å². The third-order valence-electron chi connectivity index (χ3n) is 7.16. The van der Waals surface area contributed by atoms with Crippen molar-refractivity contribution in [1.82, 2.24) is 0 Å². The molecule has 0 radical (unpaired) electrons. The normalized spacial score (nSPS) is 51.3. The van der Waals surface area contributed by atoms with Crippen molar-refractivity contribution in [2.75, 3.05) is 0 Å². The van der Waals surface area contributed by atoms with E-state index in [1.54, 1.807) is 13.8 Å². The molecule has 7 nitrogen and oxygen atoms in total. The van der Waals surface area contributed by atoms with Crippen LogP contribution < -0.4 is 0 Å². The lowest BCUT2D eigenvalue weighted by Gasteiger charge is -2.40. The van der Waals surface area contributed by atoms with Crippen LogP contribution in [0.3, 0.4) is 0 Å². The molecular weight excluding hydrogens is 352 g/mol. The highest BCUT2D eigenvalue weighted by Gasteiger charge is 2.75. The second-order valence-corrected chi connectivity index (χ2v) is 8.98. The minimum atomic E-state index is -1.36. The maximum atomic E-state index is 12.5. The van der Waals surface area contributed by atoms with E-state index in [4.69, 9.17) is 19.2 Å². The third-order valence-corrected chi connectivity index (χ3v) is 7.16. The zero-order valence-corrected chi connectivity index (χ0v) is 16.4. The van der Waals surface area contributed by atoms with Crippen molar-refractivity contribution >= 4 is 11.9 Å². The van der Waals surface area contributed by atoms with E-state index in [2.05, 4.69) is 0 Å². The fourth-order valence-electron chi connectivity index (χ4n) is 5.24. The van der Waals surface area contributed by atoms with Gasteiger partial charge in [-0.1, -0.05) is 26.8 Å². The first kappa shape index (κ1) is 18.9. The number of hydrogen-bond donors (Lipinski definition) is 1. The molecule has 2 aliphatic heterocycles. The minimum absolute atomic E-state index is 0.137. The second-order valence-electron chi connectivity index (χ2n) is 8.98. The van der Waals surface area contributed by atoms with E-state index in [1.807, 2.05) is 32.9 Å². The molecule has 9 atom stereocenters. The quantitative estimate of drug-likeness (QED) is 0.454. The number of carbonyl (C=O) groups excluding carboxylic acids is 2. The lowest BCUT2D eigenvalue weighted by atomic mass is 9.70. The summed E-state index contributed by atoms with van der Waals surface area (Å²) in [6, 6.07) is 0. The maximum absolute atomic E-state index is 12.5. The van der Waals surface area contributed by atoms with Gasteiger partial charge in [0.1, 0.15) is 23.4 Å². The van der Waals surface area contributed by atoms with Gasteiger partial charge in [0.25, 0.3) is 0 Å². The summed E-state index contributed by atoms with van der Waals surface area (Å²) in [5.41, 5.74) is -3.32. The number of fused-ring (bicyclic) bond motifs is 1. The van der Waals surface area contributed by atoms with E-state index in [-0.39, 0.29) is 30.2 Å². The monoisotopic (exact) mass is 380 g/mol. The highest BCUT2D eigenvalue weighted by Crippen LogP contribution is 2.62. The van der Waals surface area contributed by atoms with Gasteiger partial charge in [0.15, 0.2) is 5.60 Å². The van der Waals surface area contributed by atoms with Gasteiger partial charge in [-0.2, -0.15) is 0 Å². The van der Waals surface area contributed by atoms with Crippen LogP contribution in [0.25, 0.3) is 0 Å². The maximum Gasteiger partial charge on any atom is 0.309 e. The molecule has 2 saturated heterocycles. The Morgan fingerprint density at radius 3 is 2.67 bits per heavy atom. The number of hydrogen-bond acceptors (Lipinski definition) is 7. The summed E-state index contributed by atoms with van der Waals surface area (Å²) >= 11 is 0. The molecule has 2 heterocycles. The predicted molar refractivity (Wildman–Crippen MR) is 93.0 cm³/mol. The Hall–Kier alpha value is -1.44. The molecule has 0 unspecified atom stereocenters. The molecule has 27 heavy (non-hydrogen) atoms. The van der Waals surface area contributed by atoms with Gasteiger partial charge in [-0.05, 0) is 26.3 Å². The second kappa shape index (κ2) is 5.78. The molecule has 4 aliphatic rings. The lowest BCUT2D eigenvalue weighted by molar-refractivity contribution is -0.361. The summed E-state index contributed by atoms with van der Waals surface area (Å²) in [7, 11) is 0. The summed E-state index contributed by atoms with van der Waals surface area (Å²) in [5, 5.41) is 11.4. The Bertz CT molecular complexity index is 700. The number of ether oxygens (including phenoxy) is 2. The highest BCUT2D eigenvalue weighted by molar-refractivity contribution is 5.76. The summed E-state index contributed by atoms with van der Waals surface area (Å²) in [6.07, 6.45) is 3.26. The first-order valence-electron chi connectivity index (χ1n) is 9.77. The Balaban J connectivity index is 1.77. The van der Waals surface area contributed by atoms with Crippen molar-refractivity contribution in [1.29, 1.82) is 0 Å². The molecule has 0 amide bonds. The van der Waals surface area contributed by atoms with E-state index < -0.39 is 40.8 Å². The number of esters is 2. The van der Waals surface area contributed by atoms with E-state index >= 15 is 0 Å². The first-order chi connectivity index (χ1) is 12.6. The standard InChI is InChI=1S/C20H28O7/c1-6-10(2)16(21)24-12-9-19(5,23)20-8-7-18(4,26-27-20)15(20)14-13(12)11(3)17(22)25-14/h7-8,10-15,23H,6,9H2,1-5H3/t10-,11+,12+,13-,14+,15+,18-,19-,20+/m1/s1. The van der Waals surface area contributed by atoms with Gasteiger partial charge in [0.2, 0.25) is 0 Å². The zero-order chi connectivity index (χ0) is 19.8. The van der Waals surface area contributed by atoms with Crippen LogP contribution in [-0.2, 0) is 28.8 Å². The van der Waals surface area contributed by atoms with E-state index in [0.29, 0.717) is 6.42 Å². The average molecular weight is 380 g/mol. The molecule has 3 fully saturated rings. The Morgan fingerprint density at radius 2 is 2.07 bits per heavy atom. The fraction of sp³-hybridized carbons (Fsp3) is 0.800. The molecule has 0 aromatic carbocycles. The molecule has 2 aliphatic carbocycles. The van der Waals surface area contributed by atoms with Gasteiger partial charge in [0, 0.05) is 12.3 Å². The summed E-state index contributed by atoms with van der Waals surface area (Å²) in [4.78, 5) is 36.2. The summed E-state index contributed by atoms with van der Waals surface area (Å²) in [6.45, 7) is 9.05. The third kappa shape index (κ3) is 2.37. The van der Waals surface area contributed by atoms with Gasteiger partial charge < -0.3 is 14.6 Å². The van der Waals surface area contributed by atoms with Crippen LogP contribution in [0.2, 0.25) is 0 Å². The smallest absolute Gasteiger partial charge is 0.309 e. The zero-order valence-electron chi connectivity index (χ0n) is 16.4. The predicted octanol–water partition coefficient (Wildman–Crippen LogP) is 1.92. The van der Waals surface area contributed by atoms with Gasteiger partial charge in [-0.3, -0.25) is 9.59 Å². The van der Waals surface area contributed by atoms with Crippen LogP contribution in [0.15, 0.2) is 12.2 Å². The van der Waals surface area contributed by atoms with E-state index in [9.17, 15) is 14.7 Å². The topological polar surface area (TPSA) is 91.3 Å². The van der Waals surface area contributed by atoms with Gasteiger partial charge in [-0.25, -0.2) is 9.78 Å². The van der Waals surface area contributed by atoms with Gasteiger partial charge in [0.05, 0.1) is 17.8 Å². The molecule has 1 N–H and O–H groups in total. The molecule has 2 bridgehead atoms. The van der Waals surface area contributed by atoms with Gasteiger partial charge >= 0.3 is 11.9 Å². The average Bonchev–Trinajstić information content (AvgIpc) is 3.16. The van der Waals surface area contributed by atoms with Crippen molar-refractivity contribution in [3.8, 4) is 0 Å². The largest absolute Gasteiger partial charge is 0.462 e. The fourth-order valence-corrected chi connectivity index (χ4v) is 5.24. The minimum Gasteiger partial charge on any atom is -0.462 e. The van der Waals surface area contributed by atoms with Crippen LogP contribution in [0.5, 0.6) is 0 Å². The number of carbonyl (C=O) groups is 2. The van der Waals surface area contributed by atoms with Crippen LogP contribution in [0.4, 0.5) is 0 Å². The molecule has 0 aromatic rings. The molecule has 7 heteroatoms. The van der Waals surface area contributed by atoms with Crippen LogP contribution in [0, 0.1) is 23.7 Å². The molecule has 0 spiro atoms. The molecule has 0 aromatic heterocycles. The number of aliphatic hydroxyl groups is 1. The van der Waals surface area contributed by atoms with Crippen molar-refractivity contribution in [2.45, 2.75) is 76.5 Å². The van der Waals surface area contributed by atoms with Crippen molar-refractivity contribution < 1.29 is 33.9 Å². The van der Waals surface area contributed by atoms with E-state index in [0.717, 1.165) is 0 Å². The molecule has 150 valence electrons. The van der Waals surface area contributed by atoms with E-state index in [1.165, 1.54) is 0 Å². The summed E-state index contributed by atoms with van der Waals surface area (Å²) in [5.74, 6) is -2.12. The Labute approximate surface area is 158 Å². The van der Waals surface area contributed by atoms with Gasteiger partial charge in [-0.15, -0.1) is 0 Å². The van der Waals surface area contributed by atoms with Crippen molar-refractivity contribution in [3.63, 3.8) is 0 Å². The Morgan fingerprint density at radius 1 is 1.37 bits per heavy atom. The van der Waals surface area contributed by atoms with Crippen LogP contribution in [-0.4, -0.2) is 46.1 Å². The van der Waals surface area contributed by atoms with Crippen molar-refractivity contribution in [3.05, 3.63) is 12.2 Å². The molecule has 1 saturated carbocycles. The number of rotatable bonds is 3. The lowest BCUT2D eigenvalue weighted by Crippen LogP contribution is -2.56. The van der Waals surface area contributed by atoms with Crippen LogP contribution in [0.1, 0.15) is 47.5 Å². The SMILES string of the molecule is CC[C@@H](C)C(=O)O[C@H]1C[C@@](C)(O)[C@@]23C=C[C@@](C)(OO2)[C@@H]3[C@H]2OC(=O)[C@@H](C)[C@@H]21. The Kier molecular flexibility index (Phi) is 4.05.